The second kappa shape index (κ2) is 5.25. The molecular formula is C12H20N2O2. The van der Waals surface area contributed by atoms with Gasteiger partial charge in [-0.2, -0.15) is 0 Å². The molecule has 0 saturated carbocycles. The number of hydrogen-bond donors (Lipinski definition) is 0. The van der Waals surface area contributed by atoms with Crippen molar-refractivity contribution in [3.63, 3.8) is 0 Å². The van der Waals surface area contributed by atoms with Gasteiger partial charge in [0.05, 0.1) is 6.61 Å². The molecule has 16 heavy (non-hydrogen) atoms. The van der Waals surface area contributed by atoms with Crippen molar-refractivity contribution in [1.29, 1.82) is 0 Å². The van der Waals surface area contributed by atoms with E-state index in [0.29, 0.717) is 19.1 Å². The first-order valence-corrected chi connectivity index (χ1v) is 5.40. The van der Waals surface area contributed by atoms with Gasteiger partial charge >= 0.3 is 0 Å². The maximum atomic E-state index is 5.61. The molecule has 0 aliphatic heterocycles. The lowest BCUT2D eigenvalue weighted by molar-refractivity contribution is 0.142. The molecule has 4 heteroatoms. The zero-order valence-corrected chi connectivity index (χ0v) is 10.7. The van der Waals surface area contributed by atoms with Gasteiger partial charge in [0.15, 0.2) is 0 Å². The maximum absolute atomic E-state index is 5.61. The quantitative estimate of drug-likeness (QED) is 0.735. The average Bonchev–Trinajstić information content (AvgIpc) is 2.16. The second-order valence-corrected chi connectivity index (χ2v) is 4.73. The highest BCUT2D eigenvalue weighted by molar-refractivity contribution is 5.35. The van der Waals surface area contributed by atoms with E-state index in [1.165, 1.54) is 6.33 Å². The Balaban J connectivity index is 2.95. The van der Waals surface area contributed by atoms with Crippen LogP contribution in [0.4, 0.5) is 0 Å². The van der Waals surface area contributed by atoms with E-state index in [2.05, 4.69) is 30.7 Å². The van der Waals surface area contributed by atoms with Crippen molar-refractivity contribution in [3.8, 4) is 5.88 Å². The Hall–Kier alpha value is -1.16. The van der Waals surface area contributed by atoms with E-state index >= 15 is 0 Å². The summed E-state index contributed by atoms with van der Waals surface area (Å²) in [4.78, 5) is 8.40. The molecule has 0 aliphatic carbocycles. The summed E-state index contributed by atoms with van der Waals surface area (Å²) in [6, 6.07) is 0. The van der Waals surface area contributed by atoms with E-state index in [1.807, 2.05) is 6.92 Å². The van der Waals surface area contributed by atoms with Gasteiger partial charge in [0.25, 0.3) is 0 Å². The number of aryl methyl sites for hydroxylation is 1. The fourth-order valence-corrected chi connectivity index (χ4v) is 1.65. The molecule has 0 bridgehead atoms. The van der Waals surface area contributed by atoms with Gasteiger partial charge in [0, 0.05) is 18.4 Å². The summed E-state index contributed by atoms with van der Waals surface area (Å²) in [6.07, 6.45) is 1.53. The predicted octanol–water partition coefficient (Wildman–Crippen LogP) is 2.11. The third-order valence-electron chi connectivity index (χ3n) is 2.28. The Bertz CT molecular complexity index is 345. The molecule has 0 N–H and O–H groups in total. The van der Waals surface area contributed by atoms with Gasteiger partial charge in [-0.05, 0) is 12.3 Å². The molecule has 0 aliphatic rings. The van der Waals surface area contributed by atoms with Crippen LogP contribution >= 0.6 is 0 Å². The Morgan fingerprint density at radius 1 is 1.19 bits per heavy atom. The highest BCUT2D eigenvalue weighted by atomic mass is 16.5. The van der Waals surface area contributed by atoms with Crippen molar-refractivity contribution in [2.24, 2.45) is 0 Å². The molecule has 1 aromatic rings. The van der Waals surface area contributed by atoms with Gasteiger partial charge in [-0.15, -0.1) is 0 Å². The molecule has 1 rings (SSSR count). The van der Waals surface area contributed by atoms with Crippen molar-refractivity contribution in [2.75, 3.05) is 20.3 Å². The van der Waals surface area contributed by atoms with Gasteiger partial charge in [0.1, 0.15) is 12.9 Å². The Morgan fingerprint density at radius 3 is 2.44 bits per heavy atom. The fraction of sp³-hybridized carbons (Fsp3) is 0.667. The first-order chi connectivity index (χ1) is 7.46. The molecule has 4 nitrogen and oxygen atoms in total. The zero-order valence-electron chi connectivity index (χ0n) is 10.7. The Labute approximate surface area is 97.0 Å². The lowest BCUT2D eigenvalue weighted by atomic mass is 9.86. The van der Waals surface area contributed by atoms with Crippen LogP contribution in [0.3, 0.4) is 0 Å². The third-order valence-corrected chi connectivity index (χ3v) is 2.28. The second-order valence-electron chi connectivity index (χ2n) is 4.73. The molecule has 1 heterocycles. The lowest BCUT2D eigenvalue weighted by Crippen LogP contribution is -2.18. The standard InChI is InChI=1S/C12H20N2O2/c1-9-10(12(2,3)4)11(14-8-13-9)16-7-6-15-5/h8H,6-7H2,1-5H3. The highest BCUT2D eigenvalue weighted by Gasteiger charge is 2.23. The predicted molar refractivity (Wildman–Crippen MR) is 62.8 cm³/mol. The minimum Gasteiger partial charge on any atom is -0.475 e. The van der Waals surface area contributed by atoms with E-state index in [4.69, 9.17) is 9.47 Å². The van der Waals surface area contributed by atoms with Crippen LogP contribution in [-0.2, 0) is 10.2 Å². The fourth-order valence-electron chi connectivity index (χ4n) is 1.65. The minimum absolute atomic E-state index is 0.0201. The van der Waals surface area contributed by atoms with Gasteiger partial charge in [0.2, 0.25) is 5.88 Å². The van der Waals surface area contributed by atoms with Crippen LogP contribution < -0.4 is 4.74 Å². The smallest absolute Gasteiger partial charge is 0.220 e. The van der Waals surface area contributed by atoms with E-state index in [9.17, 15) is 0 Å². The summed E-state index contributed by atoms with van der Waals surface area (Å²) < 4.78 is 10.6. The van der Waals surface area contributed by atoms with Gasteiger partial charge < -0.3 is 9.47 Å². The zero-order chi connectivity index (χ0) is 12.2. The van der Waals surface area contributed by atoms with Gasteiger partial charge in [-0.3, -0.25) is 0 Å². The van der Waals surface area contributed by atoms with Crippen molar-refractivity contribution in [3.05, 3.63) is 17.6 Å². The summed E-state index contributed by atoms with van der Waals surface area (Å²) in [5.41, 5.74) is 2.01. The lowest BCUT2D eigenvalue weighted by Gasteiger charge is -2.23. The molecule has 90 valence electrons. The first-order valence-electron chi connectivity index (χ1n) is 5.40. The van der Waals surface area contributed by atoms with Crippen LogP contribution in [0.15, 0.2) is 6.33 Å². The first kappa shape index (κ1) is 12.9. The van der Waals surface area contributed by atoms with E-state index in [-0.39, 0.29) is 5.41 Å². The number of methoxy groups -OCH3 is 1. The average molecular weight is 224 g/mol. The van der Waals surface area contributed by atoms with Crippen LogP contribution in [0, 0.1) is 6.92 Å². The van der Waals surface area contributed by atoms with Crippen LogP contribution in [0.1, 0.15) is 32.0 Å². The molecule has 0 radical (unpaired) electrons. The Kier molecular flexibility index (Phi) is 4.24. The van der Waals surface area contributed by atoms with E-state index in [0.717, 1.165) is 11.3 Å². The van der Waals surface area contributed by atoms with Gasteiger partial charge in [-0.1, -0.05) is 20.8 Å². The number of nitrogens with zero attached hydrogens (tertiary/aromatic N) is 2. The van der Waals surface area contributed by atoms with Crippen molar-refractivity contribution in [1.82, 2.24) is 9.97 Å². The minimum atomic E-state index is -0.0201. The van der Waals surface area contributed by atoms with Crippen LogP contribution in [0.2, 0.25) is 0 Å². The molecule has 0 aromatic carbocycles. The van der Waals surface area contributed by atoms with Crippen molar-refractivity contribution < 1.29 is 9.47 Å². The molecule has 0 atom stereocenters. The molecule has 0 saturated heterocycles. The highest BCUT2D eigenvalue weighted by Crippen LogP contribution is 2.31. The van der Waals surface area contributed by atoms with E-state index in [1.54, 1.807) is 7.11 Å². The van der Waals surface area contributed by atoms with Crippen LogP contribution in [0.5, 0.6) is 5.88 Å². The maximum Gasteiger partial charge on any atom is 0.220 e. The van der Waals surface area contributed by atoms with Crippen LogP contribution in [-0.4, -0.2) is 30.3 Å². The molecule has 0 spiro atoms. The van der Waals surface area contributed by atoms with Crippen molar-refractivity contribution >= 4 is 0 Å². The summed E-state index contributed by atoms with van der Waals surface area (Å²) in [6.45, 7) is 9.43. The number of rotatable bonds is 4. The Morgan fingerprint density at radius 2 is 1.88 bits per heavy atom. The molecule has 0 fully saturated rings. The molecule has 0 amide bonds. The summed E-state index contributed by atoms with van der Waals surface area (Å²) in [7, 11) is 1.65. The summed E-state index contributed by atoms with van der Waals surface area (Å²) >= 11 is 0. The summed E-state index contributed by atoms with van der Waals surface area (Å²) in [5.74, 6) is 0.664. The van der Waals surface area contributed by atoms with Crippen LogP contribution in [0.25, 0.3) is 0 Å². The largest absolute Gasteiger partial charge is 0.475 e. The SMILES string of the molecule is COCCOc1ncnc(C)c1C(C)(C)C. The normalized spacial score (nSPS) is 11.6. The topological polar surface area (TPSA) is 44.2 Å². The number of ether oxygens (including phenoxy) is 2. The monoisotopic (exact) mass is 224 g/mol. The summed E-state index contributed by atoms with van der Waals surface area (Å²) in [5, 5.41) is 0. The number of aromatic nitrogens is 2. The van der Waals surface area contributed by atoms with E-state index < -0.39 is 0 Å². The molecular weight excluding hydrogens is 204 g/mol. The number of hydrogen-bond acceptors (Lipinski definition) is 4. The molecule has 1 aromatic heterocycles. The van der Waals surface area contributed by atoms with Crippen molar-refractivity contribution in [2.45, 2.75) is 33.1 Å². The molecule has 0 unspecified atom stereocenters. The van der Waals surface area contributed by atoms with Gasteiger partial charge in [-0.25, -0.2) is 9.97 Å². The third kappa shape index (κ3) is 3.17.